The molecule has 7 heteroatoms. The number of carbonyl (C=O) groups is 1. The Morgan fingerprint density at radius 3 is 3.04 bits per heavy atom. The second-order valence-corrected chi connectivity index (χ2v) is 7.52. The number of H-pyrrole nitrogens is 2. The van der Waals surface area contributed by atoms with Gasteiger partial charge in [0.05, 0.1) is 0 Å². The Kier molecular flexibility index (Phi) is 5.32. The zero-order chi connectivity index (χ0) is 19.5. The predicted octanol–water partition coefficient (Wildman–Crippen LogP) is 2.80. The van der Waals surface area contributed by atoms with Gasteiger partial charge in [0.25, 0.3) is 0 Å². The molecule has 4 rings (SSSR count). The molecule has 7 nitrogen and oxygen atoms in total. The van der Waals surface area contributed by atoms with Crippen molar-refractivity contribution in [3.05, 3.63) is 52.3 Å². The molecule has 1 fully saturated rings. The smallest absolute Gasteiger partial charge is 0.343 e. The third-order valence-corrected chi connectivity index (χ3v) is 5.75. The molecule has 1 atom stereocenters. The number of hydrogen-bond donors (Lipinski definition) is 2. The summed E-state index contributed by atoms with van der Waals surface area (Å²) in [6.45, 7) is 3.98. The molecule has 3 heterocycles. The second-order valence-electron chi connectivity index (χ2n) is 7.52. The van der Waals surface area contributed by atoms with Gasteiger partial charge in [0.1, 0.15) is 5.82 Å². The van der Waals surface area contributed by atoms with Crippen molar-refractivity contribution in [3.63, 3.8) is 0 Å². The summed E-state index contributed by atoms with van der Waals surface area (Å²) in [4.78, 5) is 29.8. The number of piperidine rings is 1. The Hall–Kier alpha value is -2.83. The van der Waals surface area contributed by atoms with Gasteiger partial charge in [0.15, 0.2) is 0 Å². The third kappa shape index (κ3) is 3.61. The fraction of sp³-hybridized carbons (Fsp3) is 0.476. The van der Waals surface area contributed by atoms with Crippen molar-refractivity contribution < 1.29 is 4.79 Å². The van der Waals surface area contributed by atoms with Gasteiger partial charge in [-0.3, -0.25) is 9.36 Å². The largest absolute Gasteiger partial charge is 0.361 e. The van der Waals surface area contributed by atoms with Crippen LogP contribution < -0.4 is 5.69 Å². The lowest BCUT2D eigenvalue weighted by Gasteiger charge is -2.32. The lowest BCUT2D eigenvalue weighted by Crippen LogP contribution is -2.40. The maximum absolute atomic E-state index is 12.7. The molecule has 0 unspecified atom stereocenters. The van der Waals surface area contributed by atoms with Crippen molar-refractivity contribution in [3.8, 4) is 0 Å². The van der Waals surface area contributed by atoms with Gasteiger partial charge in [-0.2, -0.15) is 5.10 Å². The number of aromatic amines is 2. The first-order chi connectivity index (χ1) is 13.7. The van der Waals surface area contributed by atoms with Crippen LogP contribution in [0.2, 0.25) is 0 Å². The van der Waals surface area contributed by atoms with Crippen LogP contribution in [0.3, 0.4) is 0 Å². The average molecular weight is 381 g/mol. The number of amides is 1. The molecule has 2 aromatic heterocycles. The van der Waals surface area contributed by atoms with Gasteiger partial charge in [0, 0.05) is 49.1 Å². The molecule has 2 N–H and O–H groups in total. The van der Waals surface area contributed by atoms with E-state index in [9.17, 15) is 9.59 Å². The summed E-state index contributed by atoms with van der Waals surface area (Å²) in [5.74, 6) is 1.11. The standard InChI is InChI=1S/C21H27N5O2/c1-2-26-20(23-24-21(26)28)16-8-6-12-25(14-16)19(27)11-5-7-15-13-22-18-10-4-3-9-17(15)18/h3-4,9-10,13,16,22H,2,5-8,11-12,14H2,1H3,(H,24,28)/t16-/m1/s1. The normalized spacial score (nSPS) is 17.3. The molecule has 28 heavy (non-hydrogen) atoms. The van der Waals surface area contributed by atoms with Gasteiger partial charge < -0.3 is 9.88 Å². The summed E-state index contributed by atoms with van der Waals surface area (Å²) in [5, 5.41) is 8.00. The fourth-order valence-corrected chi connectivity index (χ4v) is 4.29. The highest BCUT2D eigenvalue weighted by Gasteiger charge is 2.28. The van der Waals surface area contributed by atoms with Crippen molar-refractivity contribution in [2.75, 3.05) is 13.1 Å². The van der Waals surface area contributed by atoms with E-state index in [2.05, 4.69) is 27.3 Å². The number of benzene rings is 1. The molecule has 0 aliphatic carbocycles. The van der Waals surface area contributed by atoms with E-state index in [0.717, 1.165) is 43.6 Å². The minimum Gasteiger partial charge on any atom is -0.361 e. The SMILES string of the molecule is CCn1c([C@@H]2CCCN(C(=O)CCCc3c[nH]c4ccccc34)C2)n[nH]c1=O. The Morgan fingerprint density at radius 2 is 2.18 bits per heavy atom. The van der Waals surface area contributed by atoms with Crippen molar-refractivity contribution >= 4 is 16.8 Å². The quantitative estimate of drug-likeness (QED) is 0.688. The topological polar surface area (TPSA) is 86.8 Å². The first-order valence-corrected chi connectivity index (χ1v) is 10.1. The molecular weight excluding hydrogens is 354 g/mol. The maximum Gasteiger partial charge on any atom is 0.343 e. The summed E-state index contributed by atoms with van der Waals surface area (Å²) < 4.78 is 1.68. The molecule has 0 bridgehead atoms. The molecular formula is C21H27N5O2. The predicted molar refractivity (Wildman–Crippen MR) is 108 cm³/mol. The van der Waals surface area contributed by atoms with Gasteiger partial charge in [-0.1, -0.05) is 18.2 Å². The number of carbonyl (C=O) groups excluding carboxylic acids is 1. The number of rotatable bonds is 6. The van der Waals surface area contributed by atoms with Crippen LogP contribution in [0.5, 0.6) is 0 Å². The number of likely N-dealkylation sites (tertiary alicyclic amines) is 1. The maximum atomic E-state index is 12.7. The third-order valence-electron chi connectivity index (χ3n) is 5.75. The number of fused-ring (bicyclic) bond motifs is 1. The number of para-hydroxylation sites is 1. The highest BCUT2D eigenvalue weighted by Crippen LogP contribution is 2.26. The van der Waals surface area contributed by atoms with Crippen molar-refractivity contribution in [2.24, 2.45) is 0 Å². The van der Waals surface area contributed by atoms with Gasteiger partial charge in [-0.25, -0.2) is 9.89 Å². The Labute approximate surface area is 163 Å². The summed E-state index contributed by atoms with van der Waals surface area (Å²) in [6, 6.07) is 8.26. The van der Waals surface area contributed by atoms with Crippen LogP contribution in [-0.4, -0.2) is 43.6 Å². The average Bonchev–Trinajstić information content (AvgIpc) is 3.31. The molecule has 1 aliphatic heterocycles. The Morgan fingerprint density at radius 1 is 1.32 bits per heavy atom. The van der Waals surface area contributed by atoms with Crippen LogP contribution in [0.25, 0.3) is 10.9 Å². The van der Waals surface area contributed by atoms with Gasteiger partial charge in [-0.15, -0.1) is 0 Å². The first kappa shape index (κ1) is 18.5. The summed E-state index contributed by atoms with van der Waals surface area (Å²) in [6.07, 6.45) is 6.24. The minimum absolute atomic E-state index is 0.130. The van der Waals surface area contributed by atoms with E-state index >= 15 is 0 Å². The van der Waals surface area contributed by atoms with E-state index in [1.807, 2.05) is 30.2 Å². The number of nitrogens with one attached hydrogen (secondary N) is 2. The van der Waals surface area contributed by atoms with Crippen LogP contribution in [-0.2, 0) is 17.8 Å². The van der Waals surface area contributed by atoms with E-state index in [-0.39, 0.29) is 17.5 Å². The molecule has 1 saturated heterocycles. The number of aromatic nitrogens is 4. The monoisotopic (exact) mass is 381 g/mol. The van der Waals surface area contributed by atoms with E-state index in [1.54, 1.807) is 4.57 Å². The van der Waals surface area contributed by atoms with Crippen LogP contribution in [0.15, 0.2) is 35.3 Å². The van der Waals surface area contributed by atoms with E-state index in [1.165, 1.54) is 10.9 Å². The first-order valence-electron chi connectivity index (χ1n) is 10.1. The van der Waals surface area contributed by atoms with Crippen molar-refractivity contribution in [2.45, 2.75) is 51.5 Å². The van der Waals surface area contributed by atoms with E-state index in [4.69, 9.17) is 0 Å². The van der Waals surface area contributed by atoms with E-state index in [0.29, 0.717) is 19.5 Å². The second kappa shape index (κ2) is 8.04. The number of nitrogens with zero attached hydrogens (tertiary/aromatic N) is 3. The van der Waals surface area contributed by atoms with Gasteiger partial charge in [-0.05, 0) is 44.2 Å². The highest BCUT2D eigenvalue weighted by atomic mass is 16.2. The Balaban J connectivity index is 1.35. The van der Waals surface area contributed by atoms with Crippen molar-refractivity contribution in [1.82, 2.24) is 24.6 Å². The highest BCUT2D eigenvalue weighted by molar-refractivity contribution is 5.83. The molecule has 1 amide bonds. The van der Waals surface area contributed by atoms with E-state index < -0.39 is 0 Å². The zero-order valence-electron chi connectivity index (χ0n) is 16.3. The summed E-state index contributed by atoms with van der Waals surface area (Å²) in [5.41, 5.74) is 2.24. The lowest BCUT2D eigenvalue weighted by atomic mass is 9.96. The van der Waals surface area contributed by atoms with Crippen LogP contribution in [0.4, 0.5) is 0 Å². The van der Waals surface area contributed by atoms with Crippen molar-refractivity contribution in [1.29, 1.82) is 0 Å². The molecule has 0 spiro atoms. The lowest BCUT2D eigenvalue weighted by molar-refractivity contribution is -0.132. The van der Waals surface area contributed by atoms with Gasteiger partial charge in [0.2, 0.25) is 5.91 Å². The molecule has 1 aliphatic rings. The molecule has 1 aromatic carbocycles. The molecule has 0 saturated carbocycles. The zero-order valence-corrected chi connectivity index (χ0v) is 16.3. The molecule has 0 radical (unpaired) electrons. The van der Waals surface area contributed by atoms with Crippen LogP contribution in [0, 0.1) is 0 Å². The minimum atomic E-state index is -0.167. The fourth-order valence-electron chi connectivity index (χ4n) is 4.29. The Bertz CT molecular complexity index is 1020. The van der Waals surface area contributed by atoms with Gasteiger partial charge >= 0.3 is 5.69 Å². The number of hydrogen-bond acceptors (Lipinski definition) is 3. The molecule has 3 aromatic rings. The molecule has 148 valence electrons. The van der Waals surface area contributed by atoms with Crippen LogP contribution >= 0.6 is 0 Å². The summed E-state index contributed by atoms with van der Waals surface area (Å²) >= 11 is 0. The number of aryl methyl sites for hydroxylation is 1. The van der Waals surface area contributed by atoms with Crippen LogP contribution in [0.1, 0.15) is 49.9 Å². The summed E-state index contributed by atoms with van der Waals surface area (Å²) in [7, 11) is 0.